The van der Waals surface area contributed by atoms with Gasteiger partial charge in [-0.05, 0) is 37.3 Å². The van der Waals surface area contributed by atoms with Gasteiger partial charge in [0.25, 0.3) is 5.91 Å². The van der Waals surface area contributed by atoms with Gasteiger partial charge in [0.1, 0.15) is 0 Å². The third kappa shape index (κ3) is 5.45. The van der Waals surface area contributed by atoms with Gasteiger partial charge in [0.2, 0.25) is 5.78 Å². The number of carbonyl (C=O) groups is 3. The fourth-order valence-electron chi connectivity index (χ4n) is 3.46. The Bertz CT molecular complexity index is 1300. The molecule has 5 heteroatoms. The van der Waals surface area contributed by atoms with E-state index < -0.39 is 12.1 Å². The van der Waals surface area contributed by atoms with Crippen molar-refractivity contribution < 1.29 is 19.1 Å². The van der Waals surface area contributed by atoms with Crippen molar-refractivity contribution >= 4 is 23.3 Å². The van der Waals surface area contributed by atoms with Crippen LogP contribution >= 0.6 is 0 Å². The number of ether oxygens (including phenoxy) is 1. The first kappa shape index (κ1) is 22.7. The van der Waals surface area contributed by atoms with Crippen LogP contribution in [0.2, 0.25) is 0 Å². The van der Waals surface area contributed by atoms with E-state index in [1.807, 2.05) is 31.2 Å². The van der Waals surface area contributed by atoms with Crippen LogP contribution in [0.25, 0.3) is 0 Å². The second-order valence-corrected chi connectivity index (χ2v) is 7.83. The lowest BCUT2D eigenvalue weighted by atomic mass is 9.99. The van der Waals surface area contributed by atoms with Gasteiger partial charge >= 0.3 is 5.97 Å². The number of aryl methyl sites for hydroxylation is 1. The Kier molecular flexibility index (Phi) is 6.94. The molecule has 0 saturated heterocycles. The topological polar surface area (TPSA) is 72.5 Å². The number of amides is 1. The number of benzene rings is 4. The average Bonchev–Trinajstić information content (AvgIpc) is 2.88. The van der Waals surface area contributed by atoms with Crippen LogP contribution in [0.15, 0.2) is 109 Å². The maximum atomic E-state index is 13.3. The average molecular weight is 450 g/mol. The van der Waals surface area contributed by atoms with Crippen LogP contribution in [0, 0.1) is 6.92 Å². The maximum absolute atomic E-state index is 13.3. The van der Waals surface area contributed by atoms with Crippen LogP contribution in [-0.2, 0) is 4.74 Å². The van der Waals surface area contributed by atoms with E-state index in [1.54, 1.807) is 78.9 Å². The predicted molar refractivity (Wildman–Crippen MR) is 131 cm³/mol. The third-order valence-corrected chi connectivity index (χ3v) is 5.29. The molecule has 0 saturated carbocycles. The van der Waals surface area contributed by atoms with Gasteiger partial charge in [0, 0.05) is 22.4 Å². The summed E-state index contributed by atoms with van der Waals surface area (Å²) in [6.45, 7) is 1.94. The lowest BCUT2D eigenvalue weighted by Gasteiger charge is -2.18. The van der Waals surface area contributed by atoms with E-state index in [9.17, 15) is 14.4 Å². The fourth-order valence-corrected chi connectivity index (χ4v) is 3.46. The molecule has 0 aromatic heterocycles. The molecule has 0 aliphatic carbocycles. The molecule has 0 heterocycles. The largest absolute Gasteiger partial charge is 0.445 e. The molecular formula is C29H23NO4. The fraction of sp³-hybridized carbons (Fsp3) is 0.0690. The van der Waals surface area contributed by atoms with Gasteiger partial charge in [0.05, 0.1) is 5.56 Å². The Morgan fingerprint density at radius 2 is 1.29 bits per heavy atom. The zero-order valence-electron chi connectivity index (χ0n) is 18.6. The van der Waals surface area contributed by atoms with Gasteiger partial charge in [-0.2, -0.15) is 0 Å². The number of ketones is 1. The highest BCUT2D eigenvalue weighted by Crippen LogP contribution is 2.25. The standard InChI is InChI=1S/C29H23NO4/c1-20-15-17-21(18-16-20)26(31)27(22-9-4-2-5-10-22)34-29(33)24-13-8-14-25(19-24)30-28(32)23-11-6-3-7-12-23/h2-19,27H,1H3,(H,30,32)/t27-/m0/s1. The molecule has 0 fully saturated rings. The monoisotopic (exact) mass is 449 g/mol. The van der Waals surface area contributed by atoms with Crippen molar-refractivity contribution in [1.29, 1.82) is 0 Å². The molecule has 0 spiro atoms. The van der Waals surface area contributed by atoms with Crippen LogP contribution in [0.4, 0.5) is 5.69 Å². The summed E-state index contributed by atoms with van der Waals surface area (Å²) in [7, 11) is 0. The molecular weight excluding hydrogens is 426 g/mol. The first-order valence-electron chi connectivity index (χ1n) is 10.8. The van der Waals surface area contributed by atoms with E-state index in [0.29, 0.717) is 22.4 Å². The van der Waals surface area contributed by atoms with E-state index in [2.05, 4.69) is 5.32 Å². The molecule has 4 rings (SSSR count). The molecule has 4 aromatic rings. The maximum Gasteiger partial charge on any atom is 0.339 e. The summed E-state index contributed by atoms with van der Waals surface area (Å²) in [6.07, 6.45) is -1.10. The van der Waals surface area contributed by atoms with Gasteiger partial charge in [-0.25, -0.2) is 4.79 Å². The van der Waals surface area contributed by atoms with Crippen LogP contribution in [-0.4, -0.2) is 17.7 Å². The summed E-state index contributed by atoms with van der Waals surface area (Å²) in [5, 5.41) is 2.78. The van der Waals surface area contributed by atoms with Crippen molar-refractivity contribution in [1.82, 2.24) is 0 Å². The van der Waals surface area contributed by atoms with E-state index in [4.69, 9.17) is 4.74 Å². The summed E-state index contributed by atoms with van der Waals surface area (Å²) in [5.74, 6) is -1.26. The number of Topliss-reactive ketones (excluding diaryl/α,β-unsaturated/α-hetero) is 1. The zero-order chi connectivity index (χ0) is 23.9. The number of anilines is 1. The molecule has 5 nitrogen and oxygen atoms in total. The highest BCUT2D eigenvalue weighted by atomic mass is 16.5. The third-order valence-electron chi connectivity index (χ3n) is 5.29. The quantitative estimate of drug-likeness (QED) is 0.276. The van der Waals surface area contributed by atoms with Crippen molar-refractivity contribution in [2.24, 2.45) is 0 Å². The second kappa shape index (κ2) is 10.4. The molecule has 34 heavy (non-hydrogen) atoms. The summed E-state index contributed by atoms with van der Waals surface area (Å²) in [6, 6.07) is 31.3. The number of rotatable bonds is 7. The van der Waals surface area contributed by atoms with Crippen molar-refractivity contribution in [3.8, 4) is 0 Å². The zero-order valence-corrected chi connectivity index (χ0v) is 18.6. The smallest absolute Gasteiger partial charge is 0.339 e. The van der Waals surface area contributed by atoms with E-state index in [1.165, 1.54) is 6.07 Å². The second-order valence-electron chi connectivity index (χ2n) is 7.83. The van der Waals surface area contributed by atoms with Gasteiger partial charge in [-0.1, -0.05) is 84.4 Å². The number of esters is 1. The van der Waals surface area contributed by atoms with Gasteiger partial charge in [-0.3, -0.25) is 9.59 Å². The first-order chi connectivity index (χ1) is 16.5. The number of hydrogen-bond donors (Lipinski definition) is 1. The van der Waals surface area contributed by atoms with Gasteiger partial charge < -0.3 is 10.1 Å². The van der Waals surface area contributed by atoms with Crippen LogP contribution in [0.5, 0.6) is 0 Å². The Balaban J connectivity index is 1.56. The van der Waals surface area contributed by atoms with Crippen molar-refractivity contribution in [2.45, 2.75) is 13.0 Å². The molecule has 4 aromatic carbocycles. The highest BCUT2D eigenvalue weighted by Gasteiger charge is 2.27. The van der Waals surface area contributed by atoms with Crippen molar-refractivity contribution in [3.05, 3.63) is 137 Å². The van der Waals surface area contributed by atoms with Crippen molar-refractivity contribution in [2.75, 3.05) is 5.32 Å². The summed E-state index contributed by atoms with van der Waals surface area (Å²) in [4.78, 5) is 38.8. The highest BCUT2D eigenvalue weighted by molar-refractivity contribution is 6.05. The molecule has 0 radical (unpaired) electrons. The number of hydrogen-bond acceptors (Lipinski definition) is 4. The van der Waals surface area contributed by atoms with Crippen LogP contribution < -0.4 is 5.32 Å². The van der Waals surface area contributed by atoms with Crippen LogP contribution in [0.1, 0.15) is 48.3 Å². The molecule has 1 N–H and O–H groups in total. The predicted octanol–water partition coefficient (Wildman–Crippen LogP) is 6.03. The lowest BCUT2D eigenvalue weighted by molar-refractivity contribution is 0.0280. The molecule has 0 aliphatic heterocycles. The summed E-state index contributed by atoms with van der Waals surface area (Å²) >= 11 is 0. The normalized spacial score (nSPS) is 11.3. The first-order valence-corrected chi connectivity index (χ1v) is 10.8. The summed E-state index contributed by atoms with van der Waals surface area (Å²) in [5.41, 5.74) is 3.24. The van der Waals surface area contributed by atoms with E-state index in [0.717, 1.165) is 5.56 Å². The number of carbonyl (C=O) groups excluding carboxylic acids is 3. The van der Waals surface area contributed by atoms with Crippen molar-refractivity contribution in [3.63, 3.8) is 0 Å². The van der Waals surface area contributed by atoms with Crippen LogP contribution in [0.3, 0.4) is 0 Å². The van der Waals surface area contributed by atoms with Gasteiger partial charge in [-0.15, -0.1) is 0 Å². The molecule has 0 bridgehead atoms. The Hall–Kier alpha value is -4.51. The Morgan fingerprint density at radius 1 is 0.676 bits per heavy atom. The minimum Gasteiger partial charge on any atom is -0.445 e. The molecule has 168 valence electrons. The Labute approximate surface area is 198 Å². The van der Waals surface area contributed by atoms with E-state index >= 15 is 0 Å². The van der Waals surface area contributed by atoms with E-state index in [-0.39, 0.29) is 17.3 Å². The lowest BCUT2D eigenvalue weighted by Crippen LogP contribution is -2.20. The Morgan fingerprint density at radius 3 is 1.97 bits per heavy atom. The minimum absolute atomic E-state index is 0.225. The molecule has 1 atom stereocenters. The number of nitrogens with one attached hydrogen (secondary N) is 1. The molecule has 1 amide bonds. The molecule has 0 unspecified atom stereocenters. The van der Waals surface area contributed by atoms with Gasteiger partial charge in [0.15, 0.2) is 6.10 Å². The minimum atomic E-state index is -1.10. The SMILES string of the molecule is Cc1ccc(C(=O)[C@@H](OC(=O)c2cccc(NC(=O)c3ccccc3)c2)c2ccccc2)cc1. The molecule has 0 aliphatic rings. The summed E-state index contributed by atoms with van der Waals surface area (Å²) < 4.78 is 5.71.